The number of halogens is 3. The first kappa shape index (κ1) is 17.0. The molecule has 0 radical (unpaired) electrons. The van der Waals surface area contributed by atoms with Crippen LogP contribution in [0.2, 0.25) is 0 Å². The quantitative estimate of drug-likeness (QED) is 0.826. The minimum atomic E-state index is -4.30. The van der Waals surface area contributed by atoms with Gasteiger partial charge in [0.05, 0.1) is 18.8 Å². The van der Waals surface area contributed by atoms with Gasteiger partial charge in [-0.15, -0.1) is 0 Å². The van der Waals surface area contributed by atoms with Crippen LogP contribution in [0.4, 0.5) is 13.2 Å². The SMILES string of the molecule is FC(F)(F)c1ccc(-n2cccc2CCCN2CCOCC2)cc1. The van der Waals surface area contributed by atoms with Gasteiger partial charge >= 0.3 is 6.18 Å². The number of hydrogen-bond acceptors (Lipinski definition) is 2. The maximum atomic E-state index is 12.7. The molecule has 0 aliphatic carbocycles. The zero-order valence-corrected chi connectivity index (χ0v) is 13.4. The van der Waals surface area contributed by atoms with Crippen LogP contribution in [0.3, 0.4) is 0 Å². The van der Waals surface area contributed by atoms with E-state index in [4.69, 9.17) is 4.74 Å². The molecule has 6 heteroatoms. The summed E-state index contributed by atoms with van der Waals surface area (Å²) in [5, 5.41) is 0. The third-order valence-corrected chi connectivity index (χ3v) is 4.32. The molecule has 3 nitrogen and oxygen atoms in total. The second-order valence-corrected chi connectivity index (χ2v) is 5.97. The molecule has 0 saturated carbocycles. The lowest BCUT2D eigenvalue weighted by molar-refractivity contribution is -0.137. The molecule has 1 aromatic carbocycles. The summed E-state index contributed by atoms with van der Waals surface area (Å²) in [6, 6.07) is 9.26. The molecular formula is C18H21F3N2O. The molecule has 24 heavy (non-hydrogen) atoms. The molecule has 1 saturated heterocycles. The normalized spacial score (nSPS) is 16.5. The number of morpholine rings is 1. The fourth-order valence-electron chi connectivity index (χ4n) is 2.99. The summed E-state index contributed by atoms with van der Waals surface area (Å²) in [4.78, 5) is 2.38. The van der Waals surface area contributed by atoms with Gasteiger partial charge in [0.15, 0.2) is 0 Å². The predicted molar refractivity (Wildman–Crippen MR) is 86.4 cm³/mol. The van der Waals surface area contributed by atoms with E-state index in [0.717, 1.165) is 69.2 Å². The summed E-state index contributed by atoms with van der Waals surface area (Å²) in [6.45, 7) is 4.55. The highest BCUT2D eigenvalue weighted by molar-refractivity contribution is 5.38. The van der Waals surface area contributed by atoms with Gasteiger partial charge in [-0.05, 0) is 55.8 Å². The molecule has 1 aliphatic heterocycles. The Hall–Kier alpha value is -1.79. The average molecular weight is 338 g/mol. The van der Waals surface area contributed by atoms with E-state index in [1.54, 1.807) is 0 Å². The van der Waals surface area contributed by atoms with Gasteiger partial charge in [-0.2, -0.15) is 13.2 Å². The van der Waals surface area contributed by atoms with Crippen LogP contribution in [-0.4, -0.2) is 42.3 Å². The largest absolute Gasteiger partial charge is 0.416 e. The van der Waals surface area contributed by atoms with Crippen molar-refractivity contribution in [1.29, 1.82) is 0 Å². The Balaban J connectivity index is 1.62. The van der Waals surface area contributed by atoms with Gasteiger partial charge < -0.3 is 9.30 Å². The molecule has 130 valence electrons. The van der Waals surface area contributed by atoms with E-state index >= 15 is 0 Å². The van der Waals surface area contributed by atoms with Crippen LogP contribution in [-0.2, 0) is 17.3 Å². The summed E-state index contributed by atoms with van der Waals surface area (Å²) in [6.07, 6.45) is -0.487. The molecule has 1 fully saturated rings. The molecule has 0 amide bonds. The highest BCUT2D eigenvalue weighted by Crippen LogP contribution is 2.29. The second-order valence-electron chi connectivity index (χ2n) is 5.97. The molecule has 3 rings (SSSR count). The molecule has 0 spiro atoms. The second kappa shape index (κ2) is 7.40. The van der Waals surface area contributed by atoms with Gasteiger partial charge in [0.25, 0.3) is 0 Å². The number of alkyl halides is 3. The van der Waals surface area contributed by atoms with Gasteiger partial charge in [-0.3, -0.25) is 4.90 Å². The Labute approximate surface area is 139 Å². The first-order valence-corrected chi connectivity index (χ1v) is 8.18. The van der Waals surface area contributed by atoms with Gasteiger partial charge in [0, 0.05) is 30.7 Å². The Morgan fingerprint density at radius 1 is 1.00 bits per heavy atom. The van der Waals surface area contributed by atoms with E-state index < -0.39 is 11.7 Å². The molecule has 0 atom stereocenters. The molecular weight excluding hydrogens is 317 g/mol. The van der Waals surface area contributed by atoms with Crippen molar-refractivity contribution in [1.82, 2.24) is 9.47 Å². The Morgan fingerprint density at radius 2 is 1.71 bits per heavy atom. The Bertz CT molecular complexity index is 643. The number of nitrogens with zero attached hydrogens (tertiary/aromatic N) is 2. The van der Waals surface area contributed by atoms with Gasteiger partial charge in [0.2, 0.25) is 0 Å². The summed E-state index contributed by atoms with van der Waals surface area (Å²) in [7, 11) is 0. The van der Waals surface area contributed by atoms with Crippen LogP contribution in [0.1, 0.15) is 17.7 Å². The molecule has 0 N–H and O–H groups in total. The molecule has 0 bridgehead atoms. The first-order chi connectivity index (χ1) is 11.5. The average Bonchev–Trinajstić information content (AvgIpc) is 3.04. The molecule has 1 aromatic heterocycles. The lowest BCUT2D eigenvalue weighted by Crippen LogP contribution is -2.37. The third-order valence-electron chi connectivity index (χ3n) is 4.32. The fourth-order valence-corrected chi connectivity index (χ4v) is 2.99. The van der Waals surface area contributed by atoms with Crippen LogP contribution in [0.15, 0.2) is 42.6 Å². The number of hydrogen-bond donors (Lipinski definition) is 0. The molecule has 2 aromatic rings. The van der Waals surface area contributed by atoms with E-state index in [9.17, 15) is 13.2 Å². The lowest BCUT2D eigenvalue weighted by Gasteiger charge is -2.26. The lowest BCUT2D eigenvalue weighted by atomic mass is 10.2. The van der Waals surface area contributed by atoms with Crippen LogP contribution in [0, 0.1) is 0 Å². The van der Waals surface area contributed by atoms with E-state index in [-0.39, 0.29) is 0 Å². The highest BCUT2D eigenvalue weighted by Gasteiger charge is 2.30. The summed E-state index contributed by atoms with van der Waals surface area (Å²) in [5.74, 6) is 0. The van der Waals surface area contributed by atoms with Crippen molar-refractivity contribution >= 4 is 0 Å². The van der Waals surface area contributed by atoms with Crippen molar-refractivity contribution in [2.75, 3.05) is 32.8 Å². The monoisotopic (exact) mass is 338 g/mol. The number of benzene rings is 1. The van der Waals surface area contributed by atoms with E-state index in [1.807, 2.05) is 22.9 Å². The molecule has 1 aliphatic rings. The van der Waals surface area contributed by atoms with Crippen molar-refractivity contribution < 1.29 is 17.9 Å². The zero-order valence-electron chi connectivity index (χ0n) is 13.4. The maximum Gasteiger partial charge on any atom is 0.416 e. The smallest absolute Gasteiger partial charge is 0.379 e. The topological polar surface area (TPSA) is 17.4 Å². The van der Waals surface area contributed by atoms with Crippen molar-refractivity contribution in [3.8, 4) is 5.69 Å². The predicted octanol–water partition coefficient (Wildman–Crippen LogP) is 3.76. The first-order valence-electron chi connectivity index (χ1n) is 8.18. The third kappa shape index (κ3) is 4.19. The number of aryl methyl sites for hydroxylation is 1. The standard InChI is InChI=1S/C18H21F3N2O/c19-18(20,21)15-5-7-17(8-6-15)23-10-2-4-16(23)3-1-9-22-11-13-24-14-12-22/h2,4-8,10H,1,3,9,11-14H2. The minimum absolute atomic E-state index is 0.618. The molecule has 2 heterocycles. The van der Waals surface area contributed by atoms with Crippen LogP contribution < -0.4 is 0 Å². The fraction of sp³-hybridized carbons (Fsp3) is 0.444. The van der Waals surface area contributed by atoms with Gasteiger partial charge in [-0.25, -0.2) is 0 Å². The highest BCUT2D eigenvalue weighted by atomic mass is 19.4. The van der Waals surface area contributed by atoms with Crippen LogP contribution in [0.25, 0.3) is 5.69 Å². The summed E-state index contributed by atoms with van der Waals surface area (Å²) in [5.41, 5.74) is 1.25. The molecule has 0 unspecified atom stereocenters. The van der Waals surface area contributed by atoms with E-state index in [2.05, 4.69) is 4.90 Å². The van der Waals surface area contributed by atoms with Crippen molar-refractivity contribution in [3.63, 3.8) is 0 Å². The zero-order chi connectivity index (χ0) is 17.0. The van der Waals surface area contributed by atoms with Crippen molar-refractivity contribution in [2.45, 2.75) is 19.0 Å². The summed E-state index contributed by atoms with van der Waals surface area (Å²) >= 11 is 0. The van der Waals surface area contributed by atoms with Gasteiger partial charge in [-0.1, -0.05) is 0 Å². The van der Waals surface area contributed by atoms with Crippen LogP contribution in [0.5, 0.6) is 0 Å². The maximum absolute atomic E-state index is 12.7. The van der Waals surface area contributed by atoms with Crippen LogP contribution >= 0.6 is 0 Å². The van der Waals surface area contributed by atoms with Crippen molar-refractivity contribution in [2.24, 2.45) is 0 Å². The summed E-state index contributed by atoms with van der Waals surface area (Å²) < 4.78 is 45.3. The number of rotatable bonds is 5. The van der Waals surface area contributed by atoms with E-state index in [0.29, 0.717) is 0 Å². The number of ether oxygens (including phenoxy) is 1. The number of aromatic nitrogens is 1. The minimum Gasteiger partial charge on any atom is -0.379 e. The van der Waals surface area contributed by atoms with E-state index in [1.165, 1.54) is 12.1 Å². The Kier molecular flexibility index (Phi) is 5.26. The Morgan fingerprint density at radius 3 is 2.38 bits per heavy atom. The van der Waals surface area contributed by atoms with Gasteiger partial charge in [0.1, 0.15) is 0 Å². The van der Waals surface area contributed by atoms with Crippen molar-refractivity contribution in [3.05, 3.63) is 53.9 Å².